The van der Waals surface area contributed by atoms with Gasteiger partial charge in [0.15, 0.2) is 0 Å². The van der Waals surface area contributed by atoms with Gasteiger partial charge in [0.05, 0.1) is 6.10 Å². The Morgan fingerprint density at radius 3 is 2.40 bits per heavy atom. The van der Waals surface area contributed by atoms with E-state index in [-0.39, 0.29) is 6.10 Å². The second kappa shape index (κ2) is 4.77. The minimum Gasteiger partial charge on any atom is -0.392 e. The number of hydrogen-bond donors (Lipinski definition) is 1. The molecule has 1 aromatic rings. The Labute approximate surface area is 91.5 Å². The van der Waals surface area contributed by atoms with Crippen LogP contribution in [0.4, 0.5) is 0 Å². The highest BCUT2D eigenvalue weighted by Crippen LogP contribution is 2.22. The highest BCUT2D eigenvalue weighted by molar-refractivity contribution is 5.30. The summed E-state index contributed by atoms with van der Waals surface area (Å²) in [6, 6.07) is 8.54. The number of β-amino-alcohol motifs (C(OH)–C–C–N with tert-alkyl or cyclic N) is 1. The van der Waals surface area contributed by atoms with E-state index in [4.69, 9.17) is 0 Å². The van der Waals surface area contributed by atoms with E-state index < -0.39 is 0 Å². The Morgan fingerprint density at radius 2 is 1.87 bits per heavy atom. The van der Waals surface area contributed by atoms with E-state index in [1.165, 1.54) is 11.1 Å². The van der Waals surface area contributed by atoms with Crippen molar-refractivity contribution in [2.75, 3.05) is 6.54 Å². The monoisotopic (exact) mass is 205 g/mol. The molecular formula is C13H19NO. The summed E-state index contributed by atoms with van der Waals surface area (Å²) in [4.78, 5) is 2.32. The molecule has 82 valence electrons. The third-order valence-corrected chi connectivity index (χ3v) is 3.00. The van der Waals surface area contributed by atoms with Crippen molar-refractivity contribution in [1.82, 2.24) is 4.90 Å². The van der Waals surface area contributed by atoms with Crippen molar-refractivity contribution in [1.29, 1.82) is 0 Å². The largest absolute Gasteiger partial charge is 0.392 e. The van der Waals surface area contributed by atoms with Crippen molar-refractivity contribution >= 4 is 0 Å². The highest BCUT2D eigenvalue weighted by atomic mass is 16.3. The minimum atomic E-state index is -0.163. The van der Waals surface area contributed by atoms with Gasteiger partial charge in [-0.1, -0.05) is 37.6 Å². The summed E-state index contributed by atoms with van der Waals surface area (Å²) in [6.07, 6.45) is 1.80. The number of benzene rings is 1. The summed E-state index contributed by atoms with van der Waals surface area (Å²) in [5.41, 5.74) is 2.84. The van der Waals surface area contributed by atoms with Gasteiger partial charge < -0.3 is 5.11 Å². The van der Waals surface area contributed by atoms with Gasteiger partial charge in [-0.25, -0.2) is 0 Å². The first-order valence-electron chi connectivity index (χ1n) is 5.76. The third-order valence-electron chi connectivity index (χ3n) is 3.00. The Kier molecular flexibility index (Phi) is 3.39. The second-order valence-corrected chi connectivity index (χ2v) is 4.38. The molecule has 0 amide bonds. The van der Waals surface area contributed by atoms with E-state index in [9.17, 15) is 5.11 Å². The zero-order valence-electron chi connectivity index (χ0n) is 9.32. The SMILES string of the molecule is CCCC(O)CN1Cc2ccccc2C1. The molecule has 1 heterocycles. The lowest BCUT2D eigenvalue weighted by Crippen LogP contribution is -2.27. The second-order valence-electron chi connectivity index (χ2n) is 4.38. The lowest BCUT2D eigenvalue weighted by molar-refractivity contribution is 0.104. The molecule has 1 aliphatic heterocycles. The summed E-state index contributed by atoms with van der Waals surface area (Å²) in [6.45, 7) is 4.92. The molecular weight excluding hydrogens is 186 g/mol. The zero-order chi connectivity index (χ0) is 10.7. The molecule has 2 heteroatoms. The first-order chi connectivity index (χ1) is 7.29. The van der Waals surface area contributed by atoms with Crippen molar-refractivity contribution in [2.45, 2.75) is 39.0 Å². The van der Waals surface area contributed by atoms with Crippen LogP contribution in [-0.2, 0) is 13.1 Å². The molecule has 0 saturated heterocycles. The fourth-order valence-electron chi connectivity index (χ4n) is 2.26. The Morgan fingerprint density at radius 1 is 1.27 bits per heavy atom. The van der Waals surface area contributed by atoms with Crippen LogP contribution >= 0.6 is 0 Å². The van der Waals surface area contributed by atoms with Gasteiger partial charge in [-0.2, -0.15) is 0 Å². The summed E-state index contributed by atoms with van der Waals surface area (Å²) >= 11 is 0. The Bertz CT molecular complexity index is 299. The van der Waals surface area contributed by atoms with Gasteiger partial charge in [0.25, 0.3) is 0 Å². The van der Waals surface area contributed by atoms with Crippen LogP contribution < -0.4 is 0 Å². The van der Waals surface area contributed by atoms with Gasteiger partial charge >= 0.3 is 0 Å². The van der Waals surface area contributed by atoms with Crippen LogP contribution in [0.3, 0.4) is 0 Å². The standard InChI is InChI=1S/C13H19NO/c1-2-5-13(15)10-14-8-11-6-3-4-7-12(11)9-14/h3-4,6-7,13,15H,2,5,8-10H2,1H3. The average Bonchev–Trinajstić information content (AvgIpc) is 2.59. The zero-order valence-corrected chi connectivity index (χ0v) is 9.32. The third kappa shape index (κ3) is 2.58. The summed E-state index contributed by atoms with van der Waals surface area (Å²) < 4.78 is 0. The van der Waals surface area contributed by atoms with Gasteiger partial charge in [0.2, 0.25) is 0 Å². The molecule has 0 radical (unpaired) electrons. The van der Waals surface area contributed by atoms with E-state index in [1.54, 1.807) is 0 Å². The average molecular weight is 205 g/mol. The van der Waals surface area contributed by atoms with Crippen LogP contribution in [-0.4, -0.2) is 22.7 Å². The Hall–Kier alpha value is -0.860. The van der Waals surface area contributed by atoms with Crippen LogP contribution in [0.5, 0.6) is 0 Å². The van der Waals surface area contributed by atoms with E-state index in [1.807, 2.05) is 0 Å². The number of hydrogen-bond acceptors (Lipinski definition) is 2. The van der Waals surface area contributed by atoms with E-state index >= 15 is 0 Å². The van der Waals surface area contributed by atoms with Gasteiger partial charge in [0.1, 0.15) is 0 Å². The summed E-state index contributed by atoms with van der Waals surface area (Å²) in [7, 11) is 0. The van der Waals surface area contributed by atoms with Crippen LogP contribution in [0.15, 0.2) is 24.3 Å². The lowest BCUT2D eigenvalue weighted by Gasteiger charge is -2.18. The quantitative estimate of drug-likeness (QED) is 0.814. The fraction of sp³-hybridized carbons (Fsp3) is 0.538. The molecule has 1 aromatic carbocycles. The fourth-order valence-corrected chi connectivity index (χ4v) is 2.26. The van der Waals surface area contributed by atoms with E-state index in [0.717, 1.165) is 32.5 Å². The maximum atomic E-state index is 9.75. The first-order valence-corrected chi connectivity index (χ1v) is 5.76. The number of fused-ring (bicyclic) bond motifs is 1. The maximum absolute atomic E-state index is 9.75. The molecule has 0 spiro atoms. The number of aliphatic hydroxyl groups excluding tert-OH is 1. The lowest BCUT2D eigenvalue weighted by atomic mass is 10.1. The van der Waals surface area contributed by atoms with Gasteiger partial charge in [-0.05, 0) is 17.5 Å². The van der Waals surface area contributed by atoms with Crippen molar-refractivity contribution in [3.8, 4) is 0 Å². The molecule has 0 bridgehead atoms. The molecule has 1 N–H and O–H groups in total. The first kappa shape index (κ1) is 10.7. The number of nitrogens with zero attached hydrogens (tertiary/aromatic N) is 1. The topological polar surface area (TPSA) is 23.5 Å². The van der Waals surface area contributed by atoms with Crippen LogP contribution in [0.1, 0.15) is 30.9 Å². The Balaban J connectivity index is 1.90. The molecule has 0 fully saturated rings. The van der Waals surface area contributed by atoms with E-state index in [2.05, 4.69) is 36.1 Å². The molecule has 2 rings (SSSR count). The van der Waals surface area contributed by atoms with Crippen LogP contribution in [0, 0.1) is 0 Å². The normalized spacial score (nSPS) is 17.7. The summed E-state index contributed by atoms with van der Waals surface area (Å²) in [5, 5.41) is 9.75. The van der Waals surface area contributed by atoms with Gasteiger partial charge in [-0.15, -0.1) is 0 Å². The van der Waals surface area contributed by atoms with E-state index in [0.29, 0.717) is 0 Å². The van der Waals surface area contributed by atoms with Crippen LogP contribution in [0.25, 0.3) is 0 Å². The predicted octanol–water partition coefficient (Wildman–Crippen LogP) is 2.16. The highest BCUT2D eigenvalue weighted by Gasteiger charge is 2.19. The predicted molar refractivity (Wildman–Crippen MR) is 61.5 cm³/mol. The van der Waals surface area contributed by atoms with Crippen LogP contribution in [0.2, 0.25) is 0 Å². The molecule has 1 unspecified atom stereocenters. The van der Waals surface area contributed by atoms with Crippen molar-refractivity contribution in [3.05, 3.63) is 35.4 Å². The van der Waals surface area contributed by atoms with Gasteiger partial charge in [-0.3, -0.25) is 4.90 Å². The molecule has 0 saturated carbocycles. The molecule has 0 aliphatic carbocycles. The molecule has 2 nitrogen and oxygen atoms in total. The number of aliphatic hydroxyl groups is 1. The molecule has 15 heavy (non-hydrogen) atoms. The minimum absolute atomic E-state index is 0.163. The maximum Gasteiger partial charge on any atom is 0.0667 e. The van der Waals surface area contributed by atoms with Crippen molar-refractivity contribution < 1.29 is 5.11 Å². The molecule has 1 aliphatic rings. The molecule has 1 atom stereocenters. The molecule has 0 aromatic heterocycles. The summed E-state index contributed by atoms with van der Waals surface area (Å²) in [5.74, 6) is 0. The number of rotatable bonds is 4. The van der Waals surface area contributed by atoms with Crippen molar-refractivity contribution in [3.63, 3.8) is 0 Å². The van der Waals surface area contributed by atoms with Gasteiger partial charge in [0, 0.05) is 19.6 Å². The van der Waals surface area contributed by atoms with Crippen molar-refractivity contribution in [2.24, 2.45) is 0 Å². The smallest absolute Gasteiger partial charge is 0.0667 e.